The molecule has 0 aliphatic heterocycles. The number of hydrogen-bond donors (Lipinski definition) is 1. The average molecular weight is 243 g/mol. The summed E-state index contributed by atoms with van der Waals surface area (Å²) in [6.07, 6.45) is 0.372. The molecule has 0 heterocycles. The molecule has 17 heavy (non-hydrogen) atoms. The Morgan fingerprint density at radius 1 is 1.18 bits per heavy atom. The van der Waals surface area contributed by atoms with E-state index in [-0.39, 0.29) is 17.2 Å². The van der Waals surface area contributed by atoms with Crippen LogP contribution in [0.5, 0.6) is 0 Å². The third-order valence-electron chi connectivity index (χ3n) is 3.70. The average Bonchev–Trinajstić information content (AvgIpc) is 2.14. The molecule has 1 amide bonds. The van der Waals surface area contributed by atoms with Gasteiger partial charge in [0.15, 0.2) is 0 Å². The summed E-state index contributed by atoms with van der Waals surface area (Å²) in [7, 11) is 1.55. The molecule has 0 fully saturated rings. The van der Waals surface area contributed by atoms with Crippen molar-refractivity contribution in [2.75, 3.05) is 7.05 Å². The number of nitrogens with zero attached hydrogens (tertiary/aromatic N) is 1. The fourth-order valence-corrected chi connectivity index (χ4v) is 1.16. The first kappa shape index (κ1) is 15.9. The Labute approximate surface area is 104 Å². The van der Waals surface area contributed by atoms with Crippen LogP contribution >= 0.6 is 0 Å². The largest absolute Gasteiger partial charge is 0.480 e. The van der Waals surface area contributed by atoms with Gasteiger partial charge in [0.25, 0.3) is 0 Å². The first-order chi connectivity index (χ1) is 7.40. The zero-order valence-corrected chi connectivity index (χ0v) is 12.0. The summed E-state index contributed by atoms with van der Waals surface area (Å²) >= 11 is 0. The van der Waals surface area contributed by atoms with Crippen LogP contribution in [0.15, 0.2) is 0 Å². The van der Waals surface area contributed by atoms with Crippen LogP contribution in [-0.4, -0.2) is 34.5 Å². The SMILES string of the molecule is CC(CC(=O)N(C)C(C)(C)C(=O)O)C(C)(C)C. The summed E-state index contributed by atoms with van der Waals surface area (Å²) < 4.78 is 0. The van der Waals surface area contributed by atoms with E-state index in [0.717, 1.165) is 0 Å². The Kier molecular flexibility index (Phi) is 4.75. The number of amides is 1. The molecule has 1 atom stereocenters. The molecular formula is C13H25NO3. The molecule has 0 bridgehead atoms. The molecule has 0 aromatic carbocycles. The van der Waals surface area contributed by atoms with E-state index in [1.807, 2.05) is 6.92 Å². The molecule has 0 aromatic rings. The summed E-state index contributed by atoms with van der Waals surface area (Å²) in [5.41, 5.74) is -1.11. The van der Waals surface area contributed by atoms with Gasteiger partial charge in [-0.1, -0.05) is 27.7 Å². The Bertz CT molecular complexity index is 302. The zero-order valence-electron chi connectivity index (χ0n) is 12.0. The Balaban J connectivity index is 4.70. The highest BCUT2D eigenvalue weighted by atomic mass is 16.4. The van der Waals surface area contributed by atoms with E-state index in [4.69, 9.17) is 5.11 Å². The minimum atomic E-state index is -1.16. The number of aliphatic carboxylic acids is 1. The maximum atomic E-state index is 12.0. The smallest absolute Gasteiger partial charge is 0.329 e. The highest BCUT2D eigenvalue weighted by Crippen LogP contribution is 2.29. The van der Waals surface area contributed by atoms with Crippen LogP contribution in [0.4, 0.5) is 0 Å². The highest BCUT2D eigenvalue weighted by Gasteiger charge is 2.36. The number of carboxylic acids is 1. The quantitative estimate of drug-likeness (QED) is 0.824. The maximum Gasteiger partial charge on any atom is 0.329 e. The van der Waals surface area contributed by atoms with Crippen molar-refractivity contribution in [2.24, 2.45) is 11.3 Å². The van der Waals surface area contributed by atoms with E-state index in [1.165, 1.54) is 18.7 Å². The lowest BCUT2D eigenvalue weighted by molar-refractivity contribution is -0.155. The molecule has 1 N–H and O–H groups in total. The first-order valence-electron chi connectivity index (χ1n) is 5.90. The number of carbonyl (C=O) groups is 2. The van der Waals surface area contributed by atoms with Crippen molar-refractivity contribution in [2.45, 2.75) is 53.5 Å². The number of rotatable bonds is 4. The van der Waals surface area contributed by atoms with E-state index >= 15 is 0 Å². The van der Waals surface area contributed by atoms with Gasteiger partial charge in [-0.3, -0.25) is 4.79 Å². The standard InChI is InChI=1S/C13H25NO3/c1-9(12(2,3)4)8-10(15)14(7)13(5,6)11(16)17/h9H,8H2,1-7H3,(H,16,17). The molecule has 4 heteroatoms. The van der Waals surface area contributed by atoms with Gasteiger partial charge in [0, 0.05) is 13.5 Å². The van der Waals surface area contributed by atoms with E-state index in [9.17, 15) is 9.59 Å². The lowest BCUT2D eigenvalue weighted by Crippen LogP contribution is -2.51. The molecule has 0 aromatic heterocycles. The normalized spacial score (nSPS) is 14.3. The fraction of sp³-hybridized carbons (Fsp3) is 0.846. The second kappa shape index (κ2) is 5.07. The molecular weight excluding hydrogens is 218 g/mol. The van der Waals surface area contributed by atoms with Crippen molar-refractivity contribution in [3.63, 3.8) is 0 Å². The van der Waals surface area contributed by atoms with Gasteiger partial charge >= 0.3 is 5.97 Å². The molecule has 1 unspecified atom stereocenters. The molecule has 4 nitrogen and oxygen atoms in total. The molecule has 0 saturated heterocycles. The number of likely N-dealkylation sites (N-methyl/N-ethyl adjacent to an activating group) is 1. The van der Waals surface area contributed by atoms with Gasteiger partial charge in [0.05, 0.1) is 0 Å². The Morgan fingerprint density at radius 2 is 1.59 bits per heavy atom. The van der Waals surface area contributed by atoms with Gasteiger partial charge in [-0.25, -0.2) is 4.79 Å². The monoisotopic (exact) mass is 243 g/mol. The maximum absolute atomic E-state index is 12.0. The van der Waals surface area contributed by atoms with Gasteiger partial charge in [-0.05, 0) is 25.2 Å². The number of carboxylic acid groups (broad SMARTS) is 1. The molecule has 0 aliphatic carbocycles. The molecule has 0 aliphatic rings. The first-order valence-corrected chi connectivity index (χ1v) is 5.90. The second-order valence-electron chi connectivity index (χ2n) is 6.29. The summed E-state index contributed by atoms with van der Waals surface area (Å²) in [4.78, 5) is 24.4. The minimum absolute atomic E-state index is 0.0455. The minimum Gasteiger partial charge on any atom is -0.480 e. The fourth-order valence-electron chi connectivity index (χ4n) is 1.16. The van der Waals surface area contributed by atoms with Crippen molar-refractivity contribution in [3.8, 4) is 0 Å². The van der Waals surface area contributed by atoms with Crippen molar-refractivity contribution >= 4 is 11.9 Å². The van der Waals surface area contributed by atoms with Crippen LogP contribution in [0, 0.1) is 11.3 Å². The predicted octanol–water partition coefficient (Wildman–Crippen LogP) is 2.38. The van der Waals surface area contributed by atoms with E-state index in [1.54, 1.807) is 7.05 Å². The lowest BCUT2D eigenvalue weighted by Gasteiger charge is -2.34. The highest BCUT2D eigenvalue weighted by molar-refractivity contribution is 5.86. The van der Waals surface area contributed by atoms with E-state index in [0.29, 0.717) is 6.42 Å². The molecule has 0 saturated carbocycles. The van der Waals surface area contributed by atoms with Crippen LogP contribution in [0.25, 0.3) is 0 Å². The number of hydrogen-bond acceptors (Lipinski definition) is 2. The third kappa shape index (κ3) is 4.02. The van der Waals surface area contributed by atoms with Crippen molar-refractivity contribution in [1.82, 2.24) is 4.90 Å². The Hall–Kier alpha value is -1.06. The van der Waals surface area contributed by atoms with E-state index in [2.05, 4.69) is 20.8 Å². The lowest BCUT2D eigenvalue weighted by atomic mass is 9.80. The van der Waals surface area contributed by atoms with Crippen LogP contribution in [-0.2, 0) is 9.59 Å². The van der Waals surface area contributed by atoms with Crippen molar-refractivity contribution < 1.29 is 14.7 Å². The van der Waals surface area contributed by atoms with Gasteiger partial charge in [-0.2, -0.15) is 0 Å². The van der Waals surface area contributed by atoms with Crippen LogP contribution in [0.3, 0.4) is 0 Å². The van der Waals surface area contributed by atoms with Crippen molar-refractivity contribution in [3.05, 3.63) is 0 Å². The zero-order chi connectivity index (χ0) is 14.0. The third-order valence-corrected chi connectivity index (χ3v) is 3.70. The van der Waals surface area contributed by atoms with Gasteiger partial charge < -0.3 is 10.0 Å². The summed E-state index contributed by atoms with van der Waals surface area (Å²) in [6.45, 7) is 11.3. The van der Waals surface area contributed by atoms with E-state index < -0.39 is 11.5 Å². The van der Waals surface area contributed by atoms with Gasteiger partial charge in [0.2, 0.25) is 5.91 Å². The van der Waals surface area contributed by atoms with Crippen LogP contribution in [0.1, 0.15) is 48.0 Å². The molecule has 100 valence electrons. The number of carbonyl (C=O) groups excluding carboxylic acids is 1. The Morgan fingerprint density at radius 3 is 1.88 bits per heavy atom. The summed E-state index contributed by atoms with van der Waals surface area (Å²) in [6, 6.07) is 0. The molecule has 0 spiro atoms. The molecule has 0 radical (unpaired) electrons. The van der Waals surface area contributed by atoms with Crippen molar-refractivity contribution in [1.29, 1.82) is 0 Å². The molecule has 0 rings (SSSR count). The topological polar surface area (TPSA) is 57.6 Å². The van der Waals surface area contributed by atoms with Crippen LogP contribution < -0.4 is 0 Å². The summed E-state index contributed by atoms with van der Waals surface area (Å²) in [5, 5.41) is 9.06. The van der Waals surface area contributed by atoms with Gasteiger partial charge in [-0.15, -0.1) is 0 Å². The predicted molar refractivity (Wildman–Crippen MR) is 67.7 cm³/mol. The summed E-state index contributed by atoms with van der Waals surface area (Å²) in [5.74, 6) is -0.904. The van der Waals surface area contributed by atoms with Crippen LogP contribution in [0.2, 0.25) is 0 Å². The van der Waals surface area contributed by atoms with Gasteiger partial charge in [0.1, 0.15) is 5.54 Å². The second-order valence-corrected chi connectivity index (χ2v) is 6.29.